The van der Waals surface area contributed by atoms with E-state index in [2.05, 4.69) is 24.3 Å². The lowest BCUT2D eigenvalue weighted by Gasteiger charge is -2.20. The maximum Gasteiger partial charge on any atom is 0.0612 e. The first-order chi connectivity index (χ1) is 9.40. The molecule has 0 aliphatic heterocycles. The van der Waals surface area contributed by atoms with Gasteiger partial charge in [0.2, 0.25) is 0 Å². The number of aliphatic hydroxyl groups excluding tert-OH is 1. The van der Waals surface area contributed by atoms with E-state index in [1.54, 1.807) is 0 Å². The van der Waals surface area contributed by atoms with E-state index in [4.69, 9.17) is 5.11 Å². The Hall–Kier alpha value is -1.08. The highest BCUT2D eigenvalue weighted by Gasteiger charge is 2.13. The molecule has 0 unspecified atom stereocenters. The summed E-state index contributed by atoms with van der Waals surface area (Å²) in [4.78, 5) is 0. The molecule has 1 N–H and O–H groups in total. The summed E-state index contributed by atoms with van der Waals surface area (Å²) in [5, 5.41) is 8.72. The van der Waals surface area contributed by atoms with Crippen molar-refractivity contribution in [2.24, 2.45) is 0 Å². The number of allylic oxidation sites excluding steroid dienone is 1. The molecular formula is C18H26O. The molecule has 1 nitrogen and oxygen atoms in total. The van der Waals surface area contributed by atoms with Crippen molar-refractivity contribution in [3.63, 3.8) is 0 Å². The predicted molar refractivity (Wildman–Crippen MR) is 81.4 cm³/mol. The Morgan fingerprint density at radius 3 is 2.16 bits per heavy atom. The number of aliphatic hydroxyl groups is 1. The average molecular weight is 258 g/mol. The van der Waals surface area contributed by atoms with E-state index in [-0.39, 0.29) is 6.61 Å². The summed E-state index contributed by atoms with van der Waals surface area (Å²) in [6.45, 7) is 0.139. The summed E-state index contributed by atoms with van der Waals surface area (Å²) in [6.07, 6.45) is 14.5. The SMILES string of the molecule is OCC=CCc1ccc(C2CCCCCCC2)cc1. The third-order valence-corrected chi connectivity index (χ3v) is 4.18. The van der Waals surface area contributed by atoms with E-state index < -0.39 is 0 Å². The zero-order valence-corrected chi connectivity index (χ0v) is 11.9. The van der Waals surface area contributed by atoms with Gasteiger partial charge in [0, 0.05) is 0 Å². The Morgan fingerprint density at radius 2 is 1.53 bits per heavy atom. The standard InChI is InChI=1S/C18H26O/c19-15-7-6-8-16-11-13-18(14-12-16)17-9-4-2-1-3-5-10-17/h6-7,11-14,17,19H,1-5,8-10,15H2. The van der Waals surface area contributed by atoms with Crippen LogP contribution < -0.4 is 0 Å². The molecule has 1 fully saturated rings. The van der Waals surface area contributed by atoms with Crippen LogP contribution in [0.2, 0.25) is 0 Å². The molecule has 0 radical (unpaired) electrons. The van der Waals surface area contributed by atoms with E-state index >= 15 is 0 Å². The van der Waals surface area contributed by atoms with Crippen molar-refractivity contribution in [3.8, 4) is 0 Å². The molecule has 0 atom stereocenters. The molecule has 0 amide bonds. The van der Waals surface area contributed by atoms with Crippen LogP contribution in [0.4, 0.5) is 0 Å². The molecule has 0 bridgehead atoms. The molecule has 0 spiro atoms. The third kappa shape index (κ3) is 4.83. The van der Waals surface area contributed by atoms with Gasteiger partial charge in [0.1, 0.15) is 0 Å². The van der Waals surface area contributed by atoms with Crippen LogP contribution >= 0.6 is 0 Å². The van der Waals surface area contributed by atoms with Crippen molar-refractivity contribution in [3.05, 3.63) is 47.5 Å². The van der Waals surface area contributed by atoms with Gasteiger partial charge in [0.15, 0.2) is 0 Å². The Balaban J connectivity index is 1.94. The minimum absolute atomic E-state index is 0.139. The van der Waals surface area contributed by atoms with Crippen molar-refractivity contribution >= 4 is 0 Å². The van der Waals surface area contributed by atoms with Gasteiger partial charge in [-0.05, 0) is 36.3 Å². The summed E-state index contributed by atoms with van der Waals surface area (Å²) in [7, 11) is 0. The number of hydrogen-bond donors (Lipinski definition) is 1. The molecule has 1 aliphatic carbocycles. The van der Waals surface area contributed by atoms with Crippen molar-refractivity contribution in [2.45, 2.75) is 57.3 Å². The molecule has 1 aromatic carbocycles. The lowest BCUT2D eigenvalue weighted by atomic mass is 9.85. The second-order valence-corrected chi connectivity index (χ2v) is 5.64. The maximum atomic E-state index is 8.72. The Morgan fingerprint density at radius 1 is 0.895 bits per heavy atom. The zero-order chi connectivity index (χ0) is 13.3. The molecule has 104 valence electrons. The van der Waals surface area contributed by atoms with Crippen molar-refractivity contribution < 1.29 is 5.11 Å². The summed E-state index contributed by atoms with van der Waals surface area (Å²) in [5.74, 6) is 0.780. The fourth-order valence-corrected chi connectivity index (χ4v) is 3.01. The van der Waals surface area contributed by atoms with Crippen LogP contribution in [0, 0.1) is 0 Å². The van der Waals surface area contributed by atoms with Crippen LogP contribution in [0.15, 0.2) is 36.4 Å². The Bertz CT molecular complexity index is 369. The van der Waals surface area contributed by atoms with Crippen LogP contribution in [0.25, 0.3) is 0 Å². The highest BCUT2D eigenvalue weighted by atomic mass is 16.2. The molecule has 0 heterocycles. The van der Waals surface area contributed by atoms with Crippen LogP contribution in [0.1, 0.15) is 62.0 Å². The quantitative estimate of drug-likeness (QED) is 0.782. The zero-order valence-electron chi connectivity index (χ0n) is 11.9. The molecule has 1 heteroatoms. The lowest BCUT2D eigenvalue weighted by molar-refractivity contribution is 0.342. The highest BCUT2D eigenvalue weighted by Crippen LogP contribution is 2.30. The van der Waals surface area contributed by atoms with Crippen molar-refractivity contribution in [1.29, 1.82) is 0 Å². The van der Waals surface area contributed by atoms with E-state index in [0.717, 1.165) is 12.3 Å². The van der Waals surface area contributed by atoms with Gasteiger partial charge < -0.3 is 5.11 Å². The van der Waals surface area contributed by atoms with E-state index in [1.807, 2.05) is 12.2 Å². The van der Waals surface area contributed by atoms with E-state index in [9.17, 15) is 0 Å². The average Bonchev–Trinajstić information content (AvgIpc) is 2.40. The summed E-state index contributed by atoms with van der Waals surface area (Å²) < 4.78 is 0. The lowest BCUT2D eigenvalue weighted by Crippen LogP contribution is -2.02. The molecule has 19 heavy (non-hydrogen) atoms. The van der Waals surface area contributed by atoms with Crippen LogP contribution in [-0.4, -0.2) is 11.7 Å². The van der Waals surface area contributed by atoms with Crippen LogP contribution in [-0.2, 0) is 6.42 Å². The second kappa shape index (κ2) is 8.16. The predicted octanol–water partition coefficient (Wildman–Crippen LogP) is 4.61. The minimum atomic E-state index is 0.139. The number of rotatable bonds is 4. The van der Waals surface area contributed by atoms with E-state index in [1.165, 1.54) is 56.1 Å². The van der Waals surface area contributed by atoms with Gasteiger partial charge in [-0.3, -0.25) is 0 Å². The first-order valence-electron chi connectivity index (χ1n) is 7.75. The molecule has 1 saturated carbocycles. The summed E-state index contributed by atoms with van der Waals surface area (Å²) in [5.41, 5.74) is 2.86. The molecule has 0 aromatic heterocycles. The van der Waals surface area contributed by atoms with Gasteiger partial charge in [0.25, 0.3) is 0 Å². The van der Waals surface area contributed by atoms with Crippen molar-refractivity contribution in [1.82, 2.24) is 0 Å². The molecular weight excluding hydrogens is 232 g/mol. The Labute approximate surface area is 117 Å². The van der Waals surface area contributed by atoms with Gasteiger partial charge in [0.05, 0.1) is 6.61 Å². The van der Waals surface area contributed by atoms with Crippen molar-refractivity contribution in [2.75, 3.05) is 6.61 Å². The molecule has 2 rings (SSSR count). The topological polar surface area (TPSA) is 20.2 Å². The van der Waals surface area contributed by atoms with Gasteiger partial charge >= 0.3 is 0 Å². The number of hydrogen-bond acceptors (Lipinski definition) is 1. The maximum absolute atomic E-state index is 8.72. The van der Waals surface area contributed by atoms with Crippen LogP contribution in [0.5, 0.6) is 0 Å². The molecule has 1 aliphatic rings. The van der Waals surface area contributed by atoms with Gasteiger partial charge in [-0.2, -0.15) is 0 Å². The highest BCUT2D eigenvalue weighted by molar-refractivity contribution is 5.26. The normalized spacial score (nSPS) is 18.4. The Kier molecular flexibility index (Phi) is 6.16. The fourth-order valence-electron chi connectivity index (χ4n) is 3.01. The largest absolute Gasteiger partial charge is 0.392 e. The number of benzene rings is 1. The summed E-state index contributed by atoms with van der Waals surface area (Å²) in [6, 6.07) is 9.12. The third-order valence-electron chi connectivity index (χ3n) is 4.18. The second-order valence-electron chi connectivity index (χ2n) is 5.64. The first kappa shape index (κ1) is 14.3. The fraction of sp³-hybridized carbons (Fsp3) is 0.556. The molecule has 0 saturated heterocycles. The van der Waals surface area contributed by atoms with Gasteiger partial charge in [-0.15, -0.1) is 0 Å². The first-order valence-corrected chi connectivity index (χ1v) is 7.75. The van der Waals surface area contributed by atoms with Gasteiger partial charge in [-0.25, -0.2) is 0 Å². The van der Waals surface area contributed by atoms with E-state index in [0.29, 0.717) is 0 Å². The summed E-state index contributed by atoms with van der Waals surface area (Å²) >= 11 is 0. The molecule has 1 aromatic rings. The minimum Gasteiger partial charge on any atom is -0.392 e. The van der Waals surface area contributed by atoms with Gasteiger partial charge in [-0.1, -0.05) is 68.5 Å². The van der Waals surface area contributed by atoms with Crippen LogP contribution in [0.3, 0.4) is 0 Å². The monoisotopic (exact) mass is 258 g/mol. The smallest absolute Gasteiger partial charge is 0.0612 e.